The minimum absolute atomic E-state index is 0.270. The first-order valence-electron chi connectivity index (χ1n) is 8.20. The second-order valence-corrected chi connectivity index (χ2v) is 6.74. The first-order chi connectivity index (χ1) is 9.61. The van der Waals surface area contributed by atoms with Gasteiger partial charge in [-0.05, 0) is 50.6 Å². The predicted molar refractivity (Wildman–Crippen MR) is 80.4 cm³/mol. The number of rotatable bonds is 4. The van der Waals surface area contributed by atoms with Gasteiger partial charge in [-0.15, -0.1) is 0 Å². The molecule has 1 heterocycles. The molecule has 1 aliphatic heterocycles. The summed E-state index contributed by atoms with van der Waals surface area (Å²) in [5, 5.41) is 9.15. The molecule has 2 aliphatic rings. The Morgan fingerprint density at radius 3 is 2.45 bits per heavy atom. The summed E-state index contributed by atoms with van der Waals surface area (Å²) in [5.74, 6) is 1.35. The van der Waals surface area contributed by atoms with E-state index in [1.54, 1.807) is 0 Å². The number of carbonyl (C=O) groups excluding carboxylic acids is 1. The normalized spacial score (nSPS) is 29.4. The van der Waals surface area contributed by atoms with Crippen molar-refractivity contribution >= 4 is 5.91 Å². The van der Waals surface area contributed by atoms with Crippen molar-refractivity contribution in [2.75, 3.05) is 33.3 Å². The molecule has 116 valence electrons. The fraction of sp³-hybridized carbons (Fsp3) is 0.938. The van der Waals surface area contributed by atoms with Crippen molar-refractivity contribution in [3.05, 3.63) is 0 Å². The fourth-order valence-corrected chi connectivity index (χ4v) is 3.69. The van der Waals surface area contributed by atoms with E-state index in [2.05, 4.69) is 11.8 Å². The summed E-state index contributed by atoms with van der Waals surface area (Å²) in [6.07, 6.45) is 7.03. The minimum Gasteiger partial charge on any atom is -0.396 e. The van der Waals surface area contributed by atoms with Gasteiger partial charge in [-0.1, -0.05) is 19.8 Å². The summed E-state index contributed by atoms with van der Waals surface area (Å²) in [6.45, 7) is 5.02. The molecule has 4 nitrogen and oxygen atoms in total. The zero-order valence-corrected chi connectivity index (χ0v) is 13.1. The van der Waals surface area contributed by atoms with Gasteiger partial charge in [0.1, 0.15) is 0 Å². The van der Waals surface area contributed by atoms with Crippen LogP contribution in [0.3, 0.4) is 0 Å². The van der Waals surface area contributed by atoms with E-state index in [0.29, 0.717) is 31.0 Å². The minimum atomic E-state index is 0.270. The van der Waals surface area contributed by atoms with Crippen LogP contribution in [-0.4, -0.2) is 60.1 Å². The number of carbonyl (C=O) groups is 1. The molecule has 0 aromatic carbocycles. The highest BCUT2D eigenvalue weighted by Gasteiger charge is 2.29. The van der Waals surface area contributed by atoms with E-state index in [1.165, 1.54) is 19.3 Å². The molecular weight excluding hydrogens is 252 g/mol. The van der Waals surface area contributed by atoms with E-state index >= 15 is 0 Å². The average Bonchev–Trinajstić information content (AvgIpc) is 2.48. The van der Waals surface area contributed by atoms with Crippen LogP contribution in [-0.2, 0) is 4.79 Å². The Morgan fingerprint density at radius 1 is 1.20 bits per heavy atom. The third-order valence-corrected chi connectivity index (χ3v) is 5.28. The summed E-state index contributed by atoms with van der Waals surface area (Å²) in [7, 11) is 1.98. The number of aliphatic hydroxyl groups is 1. The van der Waals surface area contributed by atoms with Gasteiger partial charge in [0.25, 0.3) is 0 Å². The van der Waals surface area contributed by atoms with Gasteiger partial charge in [0.15, 0.2) is 0 Å². The lowest BCUT2D eigenvalue weighted by atomic mass is 9.85. The quantitative estimate of drug-likeness (QED) is 0.854. The summed E-state index contributed by atoms with van der Waals surface area (Å²) < 4.78 is 0. The number of hydrogen-bond donors (Lipinski definition) is 1. The Balaban J connectivity index is 1.79. The van der Waals surface area contributed by atoms with Crippen molar-refractivity contribution in [1.82, 2.24) is 9.80 Å². The summed E-state index contributed by atoms with van der Waals surface area (Å²) in [5.41, 5.74) is 0. The van der Waals surface area contributed by atoms with E-state index in [0.717, 1.165) is 32.4 Å². The third-order valence-electron chi connectivity index (χ3n) is 5.28. The van der Waals surface area contributed by atoms with Crippen molar-refractivity contribution in [2.45, 2.75) is 51.5 Å². The molecule has 1 aliphatic carbocycles. The highest BCUT2D eigenvalue weighted by Crippen LogP contribution is 2.27. The lowest BCUT2D eigenvalue weighted by molar-refractivity contribution is -0.135. The molecule has 0 aromatic heterocycles. The number of likely N-dealkylation sites (tertiary alicyclic amines) is 1. The highest BCUT2D eigenvalue weighted by atomic mass is 16.3. The lowest BCUT2D eigenvalue weighted by Gasteiger charge is -2.38. The molecular formula is C16H30N2O2. The van der Waals surface area contributed by atoms with Gasteiger partial charge in [-0.2, -0.15) is 0 Å². The zero-order valence-electron chi connectivity index (χ0n) is 13.1. The van der Waals surface area contributed by atoms with Gasteiger partial charge in [0, 0.05) is 19.7 Å². The van der Waals surface area contributed by atoms with Crippen LogP contribution in [0.2, 0.25) is 0 Å². The highest BCUT2D eigenvalue weighted by molar-refractivity contribution is 5.78. The maximum absolute atomic E-state index is 12.4. The summed E-state index contributed by atoms with van der Waals surface area (Å²) in [6, 6.07) is 0.436. The van der Waals surface area contributed by atoms with Gasteiger partial charge in [-0.3, -0.25) is 9.69 Å². The maximum atomic E-state index is 12.4. The Kier molecular flexibility index (Phi) is 5.85. The van der Waals surface area contributed by atoms with Crippen LogP contribution < -0.4 is 0 Å². The SMILES string of the molecule is CC1CCCCC1N(C)C(=O)CN1CCC(CO)CC1. The van der Waals surface area contributed by atoms with E-state index in [4.69, 9.17) is 5.11 Å². The molecule has 1 saturated heterocycles. The standard InChI is InChI=1S/C16H30N2O2/c1-13-5-3-4-6-15(13)17(2)16(20)11-18-9-7-14(12-19)8-10-18/h13-15,19H,3-12H2,1-2H3. The molecule has 20 heavy (non-hydrogen) atoms. The Bertz CT molecular complexity index is 314. The average molecular weight is 282 g/mol. The largest absolute Gasteiger partial charge is 0.396 e. The molecule has 0 aromatic rings. The van der Waals surface area contributed by atoms with Crippen LogP contribution in [0.1, 0.15) is 45.4 Å². The van der Waals surface area contributed by atoms with E-state index in [1.807, 2.05) is 11.9 Å². The number of likely N-dealkylation sites (N-methyl/N-ethyl adjacent to an activating group) is 1. The van der Waals surface area contributed by atoms with E-state index < -0.39 is 0 Å². The molecule has 1 amide bonds. The second-order valence-electron chi connectivity index (χ2n) is 6.74. The monoisotopic (exact) mass is 282 g/mol. The molecule has 1 saturated carbocycles. The van der Waals surface area contributed by atoms with Crippen molar-refractivity contribution < 1.29 is 9.90 Å². The molecule has 4 heteroatoms. The van der Waals surface area contributed by atoms with Crippen molar-refractivity contribution in [2.24, 2.45) is 11.8 Å². The molecule has 2 unspecified atom stereocenters. The third kappa shape index (κ3) is 3.95. The maximum Gasteiger partial charge on any atom is 0.236 e. The predicted octanol–water partition coefficient (Wildman–Crippen LogP) is 1.73. The molecule has 2 rings (SSSR count). The Labute approximate surface area is 123 Å². The van der Waals surface area contributed by atoms with Crippen LogP contribution in [0.5, 0.6) is 0 Å². The van der Waals surface area contributed by atoms with Gasteiger partial charge in [-0.25, -0.2) is 0 Å². The topological polar surface area (TPSA) is 43.8 Å². The number of nitrogens with zero attached hydrogens (tertiary/aromatic N) is 2. The number of amides is 1. The first-order valence-corrected chi connectivity index (χ1v) is 8.20. The number of piperidine rings is 1. The van der Waals surface area contributed by atoms with Gasteiger partial charge in [0.05, 0.1) is 6.54 Å². The van der Waals surface area contributed by atoms with E-state index in [-0.39, 0.29) is 5.91 Å². The molecule has 0 bridgehead atoms. The number of aliphatic hydroxyl groups excluding tert-OH is 1. The molecule has 1 N–H and O–H groups in total. The van der Waals surface area contributed by atoms with Crippen LogP contribution in [0.25, 0.3) is 0 Å². The van der Waals surface area contributed by atoms with Gasteiger partial charge < -0.3 is 10.0 Å². The van der Waals surface area contributed by atoms with Gasteiger partial charge >= 0.3 is 0 Å². The van der Waals surface area contributed by atoms with Crippen molar-refractivity contribution in [3.63, 3.8) is 0 Å². The summed E-state index contributed by atoms with van der Waals surface area (Å²) in [4.78, 5) is 16.7. The van der Waals surface area contributed by atoms with E-state index in [9.17, 15) is 4.79 Å². The lowest BCUT2D eigenvalue weighted by Crippen LogP contribution is -2.48. The van der Waals surface area contributed by atoms with Crippen LogP contribution in [0.4, 0.5) is 0 Å². The van der Waals surface area contributed by atoms with Crippen LogP contribution in [0, 0.1) is 11.8 Å². The molecule has 0 spiro atoms. The second kappa shape index (κ2) is 7.41. The zero-order chi connectivity index (χ0) is 14.5. The van der Waals surface area contributed by atoms with Gasteiger partial charge in [0.2, 0.25) is 5.91 Å². The fourth-order valence-electron chi connectivity index (χ4n) is 3.69. The van der Waals surface area contributed by atoms with Crippen molar-refractivity contribution in [1.29, 1.82) is 0 Å². The molecule has 0 radical (unpaired) electrons. The first kappa shape index (κ1) is 15.8. The number of hydrogen-bond acceptors (Lipinski definition) is 3. The summed E-state index contributed by atoms with van der Waals surface area (Å²) >= 11 is 0. The molecule has 2 atom stereocenters. The van der Waals surface area contributed by atoms with Crippen LogP contribution >= 0.6 is 0 Å². The van der Waals surface area contributed by atoms with Crippen molar-refractivity contribution in [3.8, 4) is 0 Å². The Morgan fingerprint density at radius 2 is 1.85 bits per heavy atom. The smallest absolute Gasteiger partial charge is 0.236 e. The molecule has 2 fully saturated rings. The Hall–Kier alpha value is -0.610. The van der Waals surface area contributed by atoms with Crippen LogP contribution in [0.15, 0.2) is 0 Å².